The van der Waals surface area contributed by atoms with Crippen molar-refractivity contribution in [1.29, 1.82) is 0 Å². The van der Waals surface area contributed by atoms with E-state index in [1.165, 1.54) is 0 Å². The highest BCUT2D eigenvalue weighted by molar-refractivity contribution is 5.89. The van der Waals surface area contributed by atoms with Crippen molar-refractivity contribution in [2.45, 2.75) is 19.3 Å². The fourth-order valence-corrected chi connectivity index (χ4v) is 3.39. The molecule has 7 heteroatoms. The minimum atomic E-state index is -0.108. The van der Waals surface area contributed by atoms with E-state index in [1.54, 1.807) is 19.1 Å². The zero-order valence-electron chi connectivity index (χ0n) is 16.7. The molecule has 150 valence electrons. The van der Waals surface area contributed by atoms with Crippen LogP contribution in [0.25, 0.3) is 0 Å². The van der Waals surface area contributed by atoms with Gasteiger partial charge < -0.3 is 25.2 Å². The van der Waals surface area contributed by atoms with Crippen LogP contribution in [0.2, 0.25) is 0 Å². The van der Waals surface area contributed by atoms with Gasteiger partial charge in [0.2, 0.25) is 5.91 Å². The quantitative estimate of drug-likeness (QED) is 0.726. The normalized spacial score (nSPS) is 17.4. The van der Waals surface area contributed by atoms with E-state index in [-0.39, 0.29) is 11.9 Å². The van der Waals surface area contributed by atoms with Crippen LogP contribution in [-0.2, 0) is 16.0 Å². The van der Waals surface area contributed by atoms with Crippen molar-refractivity contribution in [2.24, 2.45) is 5.92 Å². The maximum absolute atomic E-state index is 12.5. The number of amides is 3. The first-order chi connectivity index (χ1) is 13.0. The number of ether oxygens (including phenoxy) is 1. The summed E-state index contributed by atoms with van der Waals surface area (Å²) >= 11 is 0. The zero-order valence-corrected chi connectivity index (χ0v) is 16.7. The number of hydrogen-bond acceptors (Lipinski definition) is 4. The van der Waals surface area contributed by atoms with Crippen LogP contribution in [0.1, 0.15) is 18.4 Å². The molecule has 0 spiro atoms. The Labute approximate surface area is 162 Å². The molecule has 0 aliphatic carbocycles. The smallest absolute Gasteiger partial charge is 0.321 e. The van der Waals surface area contributed by atoms with E-state index in [0.29, 0.717) is 12.3 Å². The standard InChI is InChI=1S/C20H32N4O3/c1-21-19(25)13-16-6-8-18(9-7-16)22-20(26)23(2)14-17-5-4-10-24(15-17)11-12-27-3/h6-9,17H,4-5,10-15H2,1-3H3,(H,21,25)(H,22,26)/t17-/m1/s1. The molecule has 2 rings (SSSR count). The lowest BCUT2D eigenvalue weighted by Crippen LogP contribution is -2.43. The molecule has 0 bridgehead atoms. The van der Waals surface area contributed by atoms with Crippen LogP contribution < -0.4 is 10.6 Å². The molecule has 27 heavy (non-hydrogen) atoms. The summed E-state index contributed by atoms with van der Waals surface area (Å²) in [4.78, 5) is 28.0. The first kappa shape index (κ1) is 21.2. The molecule has 0 aromatic heterocycles. The molecule has 1 aliphatic heterocycles. The molecule has 1 aliphatic rings. The summed E-state index contributed by atoms with van der Waals surface area (Å²) in [6.07, 6.45) is 2.65. The van der Waals surface area contributed by atoms with Crippen molar-refractivity contribution in [3.05, 3.63) is 29.8 Å². The van der Waals surface area contributed by atoms with Gasteiger partial charge in [0.05, 0.1) is 13.0 Å². The van der Waals surface area contributed by atoms with Gasteiger partial charge in [-0.15, -0.1) is 0 Å². The summed E-state index contributed by atoms with van der Waals surface area (Å²) in [5, 5.41) is 5.53. The number of nitrogens with zero attached hydrogens (tertiary/aromatic N) is 2. The molecule has 1 heterocycles. The Morgan fingerprint density at radius 2 is 2.04 bits per heavy atom. The second kappa shape index (κ2) is 10.9. The van der Waals surface area contributed by atoms with Gasteiger partial charge in [-0.05, 0) is 43.0 Å². The summed E-state index contributed by atoms with van der Waals surface area (Å²) in [6, 6.07) is 7.27. The topological polar surface area (TPSA) is 73.9 Å². The summed E-state index contributed by atoms with van der Waals surface area (Å²) in [6.45, 7) is 4.56. The van der Waals surface area contributed by atoms with Crippen LogP contribution in [-0.4, -0.2) is 75.7 Å². The predicted octanol–water partition coefficient (Wildman–Crippen LogP) is 1.80. The molecule has 0 radical (unpaired) electrons. The van der Waals surface area contributed by atoms with Crippen LogP contribution >= 0.6 is 0 Å². The molecule has 0 unspecified atom stereocenters. The monoisotopic (exact) mass is 376 g/mol. The molecule has 1 aromatic rings. The predicted molar refractivity (Wildman–Crippen MR) is 107 cm³/mol. The summed E-state index contributed by atoms with van der Waals surface area (Å²) in [7, 11) is 5.18. The lowest BCUT2D eigenvalue weighted by Gasteiger charge is -2.34. The lowest BCUT2D eigenvalue weighted by atomic mass is 9.97. The number of piperidine rings is 1. The molecule has 1 fully saturated rings. The largest absolute Gasteiger partial charge is 0.383 e. The van der Waals surface area contributed by atoms with Gasteiger partial charge in [0.1, 0.15) is 0 Å². The third-order valence-electron chi connectivity index (χ3n) is 4.94. The maximum atomic E-state index is 12.5. The van der Waals surface area contributed by atoms with Gasteiger partial charge in [-0.2, -0.15) is 0 Å². The molecule has 1 atom stereocenters. The molecular formula is C20H32N4O3. The SMILES string of the molecule is CNC(=O)Cc1ccc(NC(=O)N(C)C[C@H]2CCCN(CCOC)C2)cc1. The molecular weight excluding hydrogens is 344 g/mol. The number of anilines is 1. The summed E-state index contributed by atoms with van der Waals surface area (Å²) in [5.41, 5.74) is 1.65. The highest BCUT2D eigenvalue weighted by atomic mass is 16.5. The van der Waals surface area contributed by atoms with Crippen LogP contribution in [0.15, 0.2) is 24.3 Å². The number of likely N-dealkylation sites (tertiary alicyclic amines) is 1. The third kappa shape index (κ3) is 7.19. The number of benzene rings is 1. The fourth-order valence-electron chi connectivity index (χ4n) is 3.39. The van der Waals surface area contributed by atoms with Gasteiger partial charge in [-0.1, -0.05) is 12.1 Å². The number of nitrogens with one attached hydrogen (secondary N) is 2. The van der Waals surface area contributed by atoms with Crippen molar-refractivity contribution in [1.82, 2.24) is 15.1 Å². The van der Waals surface area contributed by atoms with E-state index >= 15 is 0 Å². The van der Waals surface area contributed by atoms with Crippen molar-refractivity contribution in [3.63, 3.8) is 0 Å². The van der Waals surface area contributed by atoms with E-state index in [9.17, 15) is 9.59 Å². The van der Waals surface area contributed by atoms with Gasteiger partial charge in [-0.25, -0.2) is 4.79 Å². The fraction of sp³-hybridized carbons (Fsp3) is 0.600. The minimum absolute atomic E-state index is 0.0291. The van der Waals surface area contributed by atoms with Gasteiger partial charge >= 0.3 is 6.03 Å². The van der Waals surface area contributed by atoms with Crippen molar-refractivity contribution in [2.75, 3.05) is 59.3 Å². The number of carbonyl (C=O) groups excluding carboxylic acids is 2. The molecule has 0 saturated carbocycles. The number of methoxy groups -OCH3 is 1. The van der Waals surface area contributed by atoms with Crippen LogP contribution in [0.3, 0.4) is 0 Å². The Morgan fingerprint density at radius 1 is 1.30 bits per heavy atom. The zero-order chi connectivity index (χ0) is 19.6. The van der Waals surface area contributed by atoms with Crippen LogP contribution in [0, 0.1) is 5.92 Å². The average molecular weight is 377 g/mol. The average Bonchev–Trinajstić information content (AvgIpc) is 2.68. The number of carbonyl (C=O) groups is 2. The Morgan fingerprint density at radius 3 is 2.70 bits per heavy atom. The first-order valence-electron chi connectivity index (χ1n) is 9.54. The Balaban J connectivity index is 1.80. The highest BCUT2D eigenvalue weighted by Gasteiger charge is 2.22. The van der Waals surface area contributed by atoms with Crippen LogP contribution in [0.4, 0.5) is 10.5 Å². The number of hydrogen-bond donors (Lipinski definition) is 2. The second-order valence-electron chi connectivity index (χ2n) is 7.16. The maximum Gasteiger partial charge on any atom is 0.321 e. The molecule has 2 N–H and O–H groups in total. The van der Waals surface area contributed by atoms with E-state index in [0.717, 1.165) is 56.9 Å². The number of likely N-dealkylation sites (N-methyl/N-ethyl adjacent to an activating group) is 1. The van der Waals surface area contributed by atoms with E-state index < -0.39 is 0 Å². The molecule has 1 aromatic carbocycles. The van der Waals surface area contributed by atoms with Gasteiger partial charge in [0.15, 0.2) is 0 Å². The minimum Gasteiger partial charge on any atom is -0.383 e. The van der Waals surface area contributed by atoms with E-state index in [1.807, 2.05) is 31.3 Å². The Bertz CT molecular complexity index is 606. The second-order valence-corrected chi connectivity index (χ2v) is 7.16. The Kier molecular flexibility index (Phi) is 8.54. The van der Waals surface area contributed by atoms with E-state index in [4.69, 9.17) is 4.74 Å². The van der Waals surface area contributed by atoms with Gasteiger partial charge in [0.25, 0.3) is 0 Å². The van der Waals surface area contributed by atoms with Gasteiger partial charge in [-0.3, -0.25) is 4.79 Å². The molecule has 3 amide bonds. The lowest BCUT2D eigenvalue weighted by molar-refractivity contribution is -0.119. The first-order valence-corrected chi connectivity index (χ1v) is 9.54. The van der Waals surface area contributed by atoms with Crippen molar-refractivity contribution in [3.8, 4) is 0 Å². The third-order valence-corrected chi connectivity index (χ3v) is 4.94. The highest BCUT2D eigenvalue weighted by Crippen LogP contribution is 2.18. The summed E-state index contributed by atoms with van der Waals surface area (Å²) < 4.78 is 5.16. The number of rotatable bonds is 8. The van der Waals surface area contributed by atoms with Crippen molar-refractivity contribution < 1.29 is 14.3 Å². The Hall–Kier alpha value is -2.12. The molecule has 7 nitrogen and oxygen atoms in total. The van der Waals surface area contributed by atoms with E-state index in [2.05, 4.69) is 15.5 Å². The summed E-state index contributed by atoms with van der Waals surface area (Å²) in [5.74, 6) is 0.458. The number of urea groups is 1. The van der Waals surface area contributed by atoms with Crippen LogP contribution in [0.5, 0.6) is 0 Å². The molecule has 1 saturated heterocycles. The van der Waals surface area contributed by atoms with Crippen molar-refractivity contribution >= 4 is 17.6 Å². The van der Waals surface area contributed by atoms with Gasteiger partial charge in [0, 0.05) is 46.5 Å².